The number of rotatable bonds is 8. The van der Waals surface area contributed by atoms with Gasteiger partial charge in [0, 0.05) is 31.4 Å². The van der Waals surface area contributed by atoms with Gasteiger partial charge in [0.25, 0.3) is 0 Å². The monoisotopic (exact) mass is 494 g/mol. The molecule has 1 heterocycles. The summed E-state index contributed by atoms with van der Waals surface area (Å²) in [6.07, 6.45) is 6.14. The summed E-state index contributed by atoms with van der Waals surface area (Å²) in [4.78, 5) is 13.4. The highest BCUT2D eigenvalue weighted by molar-refractivity contribution is 7.98. The number of aliphatic carboxylic acids is 1. The molecule has 1 aliphatic rings. The van der Waals surface area contributed by atoms with Crippen LogP contribution < -0.4 is 9.64 Å². The van der Waals surface area contributed by atoms with E-state index in [2.05, 4.69) is 6.92 Å². The van der Waals surface area contributed by atoms with Crippen LogP contribution >= 0.6 is 11.8 Å². The van der Waals surface area contributed by atoms with Crippen molar-refractivity contribution >= 4 is 39.1 Å². The lowest BCUT2D eigenvalue weighted by atomic mass is 10.1. The number of ether oxygens (including phenoxy) is 1. The number of sulfonamides is 1. The molecule has 33 heavy (non-hydrogen) atoms. The summed E-state index contributed by atoms with van der Waals surface area (Å²) in [5.41, 5.74) is 1.14. The van der Waals surface area contributed by atoms with E-state index in [0.29, 0.717) is 29.2 Å². The molecule has 0 spiro atoms. The Labute approximate surface area is 197 Å². The van der Waals surface area contributed by atoms with Gasteiger partial charge < -0.3 is 14.7 Å². The number of hydrogen-bond donors (Lipinski definition) is 1. The first-order valence-corrected chi connectivity index (χ1v) is 13.1. The van der Waals surface area contributed by atoms with Crippen molar-refractivity contribution in [2.24, 2.45) is 0 Å². The molecule has 0 bridgehead atoms. The van der Waals surface area contributed by atoms with E-state index in [1.165, 1.54) is 34.3 Å². The fourth-order valence-electron chi connectivity index (χ4n) is 3.72. The van der Waals surface area contributed by atoms with Crippen molar-refractivity contribution in [3.63, 3.8) is 0 Å². The molecular weight excluding hydrogens is 467 g/mol. The SMILES string of the molecule is CCCC[C@@H]1CN(c2ccc(F)cc2)c2cc(SC)c(O/C=C/C(=O)O)cc2S(=O)(=O)N1C. The van der Waals surface area contributed by atoms with Gasteiger partial charge in [0.1, 0.15) is 16.5 Å². The molecule has 2 aromatic rings. The van der Waals surface area contributed by atoms with Crippen molar-refractivity contribution in [2.45, 2.75) is 42.0 Å². The number of fused-ring (bicyclic) bond motifs is 1. The summed E-state index contributed by atoms with van der Waals surface area (Å²) in [5, 5.41) is 8.84. The van der Waals surface area contributed by atoms with Crippen molar-refractivity contribution in [3.05, 3.63) is 54.6 Å². The van der Waals surface area contributed by atoms with Crippen LogP contribution in [0.15, 0.2) is 58.5 Å². The molecule has 0 aromatic heterocycles. The molecule has 0 radical (unpaired) electrons. The third-order valence-corrected chi connectivity index (χ3v) is 8.23. The number of halogens is 1. The van der Waals surface area contributed by atoms with Gasteiger partial charge in [-0.3, -0.25) is 0 Å². The normalized spacial score (nSPS) is 18.2. The second kappa shape index (κ2) is 10.6. The van der Waals surface area contributed by atoms with Crippen LogP contribution in [0, 0.1) is 5.82 Å². The zero-order valence-electron chi connectivity index (χ0n) is 18.7. The Balaban J connectivity index is 2.21. The van der Waals surface area contributed by atoms with Gasteiger partial charge in [-0.15, -0.1) is 11.8 Å². The van der Waals surface area contributed by atoms with Gasteiger partial charge in [-0.2, -0.15) is 4.31 Å². The highest BCUT2D eigenvalue weighted by atomic mass is 32.2. The first-order valence-electron chi connectivity index (χ1n) is 10.5. The number of nitrogens with zero attached hydrogens (tertiary/aromatic N) is 2. The van der Waals surface area contributed by atoms with E-state index in [1.54, 1.807) is 25.2 Å². The van der Waals surface area contributed by atoms with Gasteiger partial charge >= 0.3 is 5.97 Å². The van der Waals surface area contributed by atoms with E-state index in [1.807, 2.05) is 11.2 Å². The predicted octanol–water partition coefficient (Wildman–Crippen LogP) is 4.86. The number of carbonyl (C=O) groups is 1. The fourth-order valence-corrected chi connectivity index (χ4v) is 5.82. The van der Waals surface area contributed by atoms with Crippen LogP contribution in [0.25, 0.3) is 0 Å². The maximum atomic E-state index is 13.6. The minimum Gasteiger partial charge on any atom is -0.478 e. The minimum absolute atomic E-state index is 0.0462. The Morgan fingerprint density at radius 1 is 1.30 bits per heavy atom. The largest absolute Gasteiger partial charge is 0.478 e. The molecule has 1 aliphatic heterocycles. The Hall–Kier alpha value is -2.56. The smallest absolute Gasteiger partial charge is 0.331 e. The highest BCUT2D eigenvalue weighted by Crippen LogP contribution is 2.43. The predicted molar refractivity (Wildman–Crippen MR) is 127 cm³/mol. The molecular formula is C23H27FN2O5S2. The topological polar surface area (TPSA) is 87.1 Å². The van der Waals surface area contributed by atoms with E-state index in [0.717, 1.165) is 25.2 Å². The van der Waals surface area contributed by atoms with Crippen LogP contribution in [0.4, 0.5) is 15.8 Å². The first kappa shape index (κ1) is 25.1. The number of anilines is 2. The number of carboxylic acid groups (broad SMARTS) is 1. The Kier molecular flexibility index (Phi) is 8.04. The number of benzene rings is 2. The van der Waals surface area contributed by atoms with Gasteiger partial charge in [0.05, 0.1) is 22.9 Å². The van der Waals surface area contributed by atoms with E-state index < -0.39 is 16.0 Å². The molecule has 0 saturated heterocycles. The van der Waals surface area contributed by atoms with E-state index in [4.69, 9.17) is 9.84 Å². The lowest BCUT2D eigenvalue weighted by Gasteiger charge is -2.29. The molecule has 10 heteroatoms. The number of hydrogen-bond acceptors (Lipinski definition) is 6. The molecule has 2 aromatic carbocycles. The number of unbranched alkanes of at least 4 members (excludes halogenated alkanes) is 1. The maximum Gasteiger partial charge on any atom is 0.331 e. The standard InChI is InChI=1S/C23H27FN2O5S2/c1-4-5-6-18-15-26(17-9-7-16(24)8-10-17)19-13-21(32-3)20(31-12-11-23(27)28)14-22(19)33(29,30)25(18)2/h7-14,18H,4-6,15H2,1-3H3,(H,27,28)/b12-11+/t18-/m1/s1. The Morgan fingerprint density at radius 2 is 2.00 bits per heavy atom. The van der Waals surface area contributed by atoms with Gasteiger partial charge in [-0.25, -0.2) is 17.6 Å². The van der Waals surface area contributed by atoms with Crippen molar-refractivity contribution in [2.75, 3.05) is 24.7 Å². The Morgan fingerprint density at radius 3 is 2.61 bits per heavy atom. The maximum absolute atomic E-state index is 13.6. The quantitative estimate of drug-likeness (QED) is 0.319. The summed E-state index contributed by atoms with van der Waals surface area (Å²) in [6.45, 7) is 2.46. The fraction of sp³-hybridized carbons (Fsp3) is 0.348. The molecule has 0 aliphatic carbocycles. The van der Waals surface area contributed by atoms with Crippen LogP contribution in [0.1, 0.15) is 26.2 Å². The van der Waals surface area contributed by atoms with Gasteiger partial charge in [0.15, 0.2) is 0 Å². The molecule has 0 fully saturated rings. The summed E-state index contributed by atoms with van der Waals surface area (Å²) in [5.74, 6) is -1.31. The molecule has 0 unspecified atom stereocenters. The number of thioether (sulfide) groups is 1. The van der Waals surface area contributed by atoms with Crippen LogP contribution in [-0.2, 0) is 14.8 Å². The van der Waals surface area contributed by atoms with Crippen LogP contribution in [0.3, 0.4) is 0 Å². The second-order valence-electron chi connectivity index (χ2n) is 7.63. The second-order valence-corrected chi connectivity index (χ2v) is 10.4. The summed E-state index contributed by atoms with van der Waals surface area (Å²) in [6, 6.07) is 8.82. The molecule has 3 rings (SSSR count). The van der Waals surface area contributed by atoms with Crippen LogP contribution in [0.5, 0.6) is 5.75 Å². The summed E-state index contributed by atoms with van der Waals surface area (Å²) < 4.78 is 47.7. The lowest BCUT2D eigenvalue weighted by molar-refractivity contribution is -0.131. The average molecular weight is 495 g/mol. The van der Waals surface area contributed by atoms with Crippen LogP contribution in [0.2, 0.25) is 0 Å². The molecule has 0 saturated carbocycles. The van der Waals surface area contributed by atoms with E-state index in [-0.39, 0.29) is 22.5 Å². The lowest BCUT2D eigenvalue weighted by Crippen LogP contribution is -2.40. The Bertz CT molecular complexity index is 1140. The zero-order chi connectivity index (χ0) is 24.2. The third-order valence-electron chi connectivity index (χ3n) is 5.54. The minimum atomic E-state index is -3.89. The van der Waals surface area contributed by atoms with E-state index >= 15 is 0 Å². The van der Waals surface area contributed by atoms with E-state index in [9.17, 15) is 17.6 Å². The van der Waals surface area contributed by atoms with Gasteiger partial charge in [-0.1, -0.05) is 19.8 Å². The van der Waals surface area contributed by atoms with Crippen molar-refractivity contribution in [3.8, 4) is 5.75 Å². The highest BCUT2D eigenvalue weighted by Gasteiger charge is 2.37. The van der Waals surface area contributed by atoms with Crippen molar-refractivity contribution < 1.29 is 27.4 Å². The van der Waals surface area contributed by atoms with Crippen LogP contribution in [-0.4, -0.2) is 49.7 Å². The number of carboxylic acids is 1. The summed E-state index contributed by atoms with van der Waals surface area (Å²) >= 11 is 1.35. The molecule has 7 nitrogen and oxygen atoms in total. The molecule has 178 valence electrons. The summed E-state index contributed by atoms with van der Waals surface area (Å²) in [7, 11) is -2.32. The number of likely N-dealkylation sites (N-methyl/N-ethyl adjacent to an activating group) is 1. The molecule has 0 amide bonds. The van der Waals surface area contributed by atoms with Crippen molar-refractivity contribution in [1.29, 1.82) is 0 Å². The third kappa shape index (κ3) is 5.51. The van der Waals surface area contributed by atoms with Gasteiger partial charge in [0.2, 0.25) is 10.0 Å². The molecule has 1 N–H and O–H groups in total. The molecule has 1 atom stereocenters. The van der Waals surface area contributed by atoms with Crippen molar-refractivity contribution in [1.82, 2.24) is 4.31 Å². The van der Waals surface area contributed by atoms with Gasteiger partial charge in [-0.05, 0) is 43.0 Å². The zero-order valence-corrected chi connectivity index (χ0v) is 20.3. The average Bonchev–Trinajstić information content (AvgIpc) is 2.86. The first-order chi connectivity index (χ1) is 15.7.